The zero-order valence-electron chi connectivity index (χ0n) is 19.2. The molecule has 0 aliphatic carbocycles. The molecule has 0 fully saturated rings. The van der Waals surface area contributed by atoms with Crippen molar-refractivity contribution in [2.45, 2.75) is 70.5 Å². The molecule has 0 aliphatic rings. The number of carbonyl (C=O) groups is 3. The normalized spacial score (nSPS) is 13.1. The molecular weight excluding hydrogens is 430 g/mol. The van der Waals surface area contributed by atoms with Gasteiger partial charge in [-0.1, -0.05) is 37.6 Å². The van der Waals surface area contributed by atoms with Crippen LogP contribution in [-0.2, 0) is 27.2 Å². The molecule has 0 bridgehead atoms. The second kappa shape index (κ2) is 16.5. The molecule has 0 unspecified atom stereocenters. The van der Waals surface area contributed by atoms with Crippen LogP contribution in [0.4, 0.5) is 0 Å². The van der Waals surface area contributed by atoms with Crippen molar-refractivity contribution in [3.63, 3.8) is 0 Å². The van der Waals surface area contributed by atoms with Gasteiger partial charge < -0.3 is 32.5 Å². The average molecular weight is 468 g/mol. The lowest BCUT2D eigenvalue weighted by molar-refractivity contribution is -0.142. The average Bonchev–Trinajstić information content (AvgIpc) is 2.75. The van der Waals surface area contributed by atoms with E-state index in [0.717, 1.165) is 18.4 Å². The Morgan fingerprint density at radius 2 is 1.48 bits per heavy atom. The fraction of sp³-hybridized carbons (Fsp3) is 0.545. The highest BCUT2D eigenvalue weighted by molar-refractivity contribution is 5.77. The van der Waals surface area contributed by atoms with E-state index in [9.17, 15) is 14.4 Å². The van der Waals surface area contributed by atoms with E-state index in [1.165, 1.54) is 12.5 Å². The molecular formula is C22H37N5O6. The first kappa shape index (κ1) is 29.8. The van der Waals surface area contributed by atoms with Gasteiger partial charge in [0.05, 0.1) is 0 Å². The maximum absolute atomic E-state index is 11.2. The van der Waals surface area contributed by atoms with Crippen LogP contribution in [0, 0.1) is 0 Å². The van der Waals surface area contributed by atoms with E-state index in [0.29, 0.717) is 32.2 Å². The van der Waals surface area contributed by atoms with Crippen molar-refractivity contribution < 1.29 is 29.7 Å². The summed E-state index contributed by atoms with van der Waals surface area (Å²) in [6, 6.07) is 5.57. The zero-order valence-corrected chi connectivity index (χ0v) is 19.2. The van der Waals surface area contributed by atoms with Crippen LogP contribution in [0.1, 0.15) is 50.7 Å². The van der Waals surface area contributed by atoms with Crippen molar-refractivity contribution >= 4 is 23.9 Å². The zero-order chi connectivity index (χ0) is 25.4. The Labute approximate surface area is 194 Å². The highest BCUT2D eigenvalue weighted by Gasteiger charge is 2.22. The number of nitrogens with zero attached hydrogens (tertiary/aromatic N) is 1. The number of aliphatic imine (C=N–C) groups is 1. The number of benzene rings is 1. The third-order valence-electron chi connectivity index (χ3n) is 4.69. The van der Waals surface area contributed by atoms with E-state index in [2.05, 4.69) is 29.4 Å². The molecule has 11 nitrogen and oxygen atoms in total. The van der Waals surface area contributed by atoms with Gasteiger partial charge in [-0.05, 0) is 50.2 Å². The molecule has 0 aliphatic heterocycles. The lowest BCUT2D eigenvalue weighted by Crippen LogP contribution is -2.45. The molecule has 0 spiro atoms. The van der Waals surface area contributed by atoms with Gasteiger partial charge in [0.15, 0.2) is 5.96 Å². The van der Waals surface area contributed by atoms with Crippen LogP contribution in [0.2, 0.25) is 0 Å². The molecule has 3 atom stereocenters. The Hall–Kier alpha value is -3.18. The number of nitrogens with one attached hydrogen (secondary N) is 1. The summed E-state index contributed by atoms with van der Waals surface area (Å²) in [7, 11) is 0. The minimum Gasteiger partial charge on any atom is -0.480 e. The summed E-state index contributed by atoms with van der Waals surface area (Å²) in [5.41, 5.74) is 17.7. The quantitative estimate of drug-likeness (QED) is 0.114. The molecule has 0 amide bonds. The van der Waals surface area contributed by atoms with Crippen LogP contribution in [0.15, 0.2) is 29.3 Å². The van der Waals surface area contributed by atoms with Crippen molar-refractivity contribution in [1.29, 1.82) is 0 Å². The minimum atomic E-state index is -1.05. The van der Waals surface area contributed by atoms with Crippen molar-refractivity contribution in [3.8, 4) is 0 Å². The van der Waals surface area contributed by atoms with Gasteiger partial charge in [0.25, 0.3) is 0 Å². The molecule has 186 valence electrons. The second-order valence-electron chi connectivity index (χ2n) is 7.62. The van der Waals surface area contributed by atoms with E-state index < -0.39 is 36.0 Å². The van der Waals surface area contributed by atoms with Crippen molar-refractivity contribution in [3.05, 3.63) is 35.4 Å². The Bertz CT molecular complexity index is 765. The molecule has 10 N–H and O–H groups in total. The van der Waals surface area contributed by atoms with E-state index in [1.807, 2.05) is 12.1 Å². The van der Waals surface area contributed by atoms with Gasteiger partial charge in [0.2, 0.25) is 0 Å². The highest BCUT2D eigenvalue weighted by atomic mass is 16.4. The van der Waals surface area contributed by atoms with Gasteiger partial charge in [0.1, 0.15) is 18.1 Å². The van der Waals surface area contributed by atoms with Crippen molar-refractivity contribution in [1.82, 2.24) is 5.32 Å². The lowest BCUT2D eigenvalue weighted by atomic mass is 10.0. The summed E-state index contributed by atoms with van der Waals surface area (Å²) in [6.45, 7) is 3.99. The van der Waals surface area contributed by atoms with Gasteiger partial charge in [-0.2, -0.15) is 0 Å². The molecule has 1 rings (SSSR count). The van der Waals surface area contributed by atoms with Crippen LogP contribution < -0.4 is 22.5 Å². The number of guanidine groups is 1. The number of rotatable bonds is 14. The third kappa shape index (κ3) is 14.5. The molecule has 1 aromatic rings. The first-order chi connectivity index (χ1) is 15.5. The predicted octanol–water partition coefficient (Wildman–Crippen LogP) is 0.540. The Balaban J connectivity index is 0.000000728. The van der Waals surface area contributed by atoms with Crippen LogP contribution in [0.25, 0.3) is 0 Å². The van der Waals surface area contributed by atoms with E-state index in [4.69, 9.17) is 32.5 Å². The predicted molar refractivity (Wildman–Crippen MR) is 126 cm³/mol. The number of hydrogen-bond donors (Lipinski definition) is 7. The summed E-state index contributed by atoms with van der Waals surface area (Å²) < 4.78 is 0. The Morgan fingerprint density at radius 1 is 0.939 bits per heavy atom. The molecule has 0 heterocycles. The maximum atomic E-state index is 11.2. The number of aliphatic carboxylic acids is 3. The maximum Gasteiger partial charge on any atom is 0.320 e. The first-order valence-corrected chi connectivity index (χ1v) is 10.8. The molecule has 0 saturated heterocycles. The summed E-state index contributed by atoms with van der Waals surface area (Å²) in [5, 5.41) is 29.0. The van der Waals surface area contributed by atoms with E-state index >= 15 is 0 Å². The Morgan fingerprint density at radius 3 is 1.91 bits per heavy atom. The van der Waals surface area contributed by atoms with Gasteiger partial charge in [-0.15, -0.1) is 0 Å². The van der Waals surface area contributed by atoms with Crippen LogP contribution in [0.3, 0.4) is 0 Å². The van der Waals surface area contributed by atoms with Gasteiger partial charge in [-0.3, -0.25) is 24.7 Å². The molecule has 0 aromatic heterocycles. The van der Waals surface area contributed by atoms with Crippen molar-refractivity contribution in [2.24, 2.45) is 22.2 Å². The van der Waals surface area contributed by atoms with E-state index in [1.54, 1.807) is 0 Å². The molecule has 0 saturated carbocycles. The minimum absolute atomic E-state index is 0.0129. The molecule has 1 aromatic carbocycles. The summed E-state index contributed by atoms with van der Waals surface area (Å²) in [6.07, 6.45) is 4.05. The van der Waals surface area contributed by atoms with Crippen LogP contribution in [-0.4, -0.2) is 63.9 Å². The third-order valence-corrected chi connectivity index (χ3v) is 4.69. The first-order valence-electron chi connectivity index (χ1n) is 10.8. The topological polar surface area (TPSA) is 214 Å². The monoisotopic (exact) mass is 467 g/mol. The van der Waals surface area contributed by atoms with Gasteiger partial charge >= 0.3 is 17.9 Å². The standard InChI is InChI=1S/C16H23NO4.C6H14N4O2/c1-3-4-12-5-7-13(8-6-12)9-10-14(16(20)21)17-11(2)15(18)19;7-4(5(11)12)2-1-3-10-6(8)9/h5-8,11,14,17H,3-4,9-10H2,1-2H3,(H,18,19)(H,20,21);4H,1-3,7H2,(H,11,12)(H4,8,9,10)/t11-,14+;4-/m10/s1. The summed E-state index contributed by atoms with van der Waals surface area (Å²) >= 11 is 0. The van der Waals surface area contributed by atoms with Crippen LogP contribution in [0.5, 0.6) is 0 Å². The summed E-state index contributed by atoms with van der Waals surface area (Å²) in [4.78, 5) is 35.8. The fourth-order valence-electron chi connectivity index (χ4n) is 2.77. The van der Waals surface area contributed by atoms with Crippen LogP contribution >= 0.6 is 0 Å². The van der Waals surface area contributed by atoms with Gasteiger partial charge in [-0.25, -0.2) is 0 Å². The largest absolute Gasteiger partial charge is 0.480 e. The second-order valence-corrected chi connectivity index (χ2v) is 7.62. The summed E-state index contributed by atoms with van der Waals surface area (Å²) in [5.74, 6) is -3.06. The smallest absolute Gasteiger partial charge is 0.320 e. The number of nitrogens with two attached hydrogens (primary N) is 3. The Kier molecular flexibility index (Phi) is 14.9. The highest BCUT2D eigenvalue weighted by Crippen LogP contribution is 2.10. The fourth-order valence-corrected chi connectivity index (χ4v) is 2.77. The molecule has 33 heavy (non-hydrogen) atoms. The van der Waals surface area contributed by atoms with Gasteiger partial charge in [0, 0.05) is 6.54 Å². The number of hydrogen-bond acceptors (Lipinski definition) is 6. The van der Waals surface area contributed by atoms with Crippen molar-refractivity contribution in [2.75, 3.05) is 6.54 Å². The number of carboxylic acids is 3. The lowest BCUT2D eigenvalue weighted by Gasteiger charge is -2.17. The molecule has 0 radical (unpaired) electrons. The number of aryl methyl sites for hydroxylation is 2. The van der Waals surface area contributed by atoms with E-state index in [-0.39, 0.29) is 5.96 Å². The number of carboxylic acid groups (broad SMARTS) is 3. The SMILES string of the molecule is CCCc1ccc(CC[C@H](N[C@H](C)C(=O)O)C(=O)O)cc1.NC(N)=NCCC[C@H](N)C(=O)O. The molecule has 11 heteroatoms.